The zero-order chi connectivity index (χ0) is 46.7. The average molecular weight is 1040 g/mol. The van der Waals surface area contributed by atoms with Gasteiger partial charge < -0.3 is 60.5 Å². The first-order valence-electron chi connectivity index (χ1n) is 13.5. The van der Waals surface area contributed by atoms with Crippen LogP contribution in [0.5, 0.6) is 0 Å². The van der Waals surface area contributed by atoms with Gasteiger partial charge >= 0.3 is 50.6 Å². The number of thioether (sulfide) groups is 1. The van der Waals surface area contributed by atoms with E-state index in [1.165, 1.54) is 0 Å². The van der Waals surface area contributed by atoms with Gasteiger partial charge in [-0.05, 0) is 0 Å². The van der Waals surface area contributed by atoms with Gasteiger partial charge in [-0.1, -0.05) is 0 Å². The molecule has 0 spiro atoms. The van der Waals surface area contributed by atoms with E-state index in [-0.39, 0.29) is 0 Å². The van der Waals surface area contributed by atoms with Crippen LogP contribution in [0, 0.1) is 0 Å². The Morgan fingerprint density at radius 2 is 0.862 bits per heavy atom. The lowest BCUT2D eigenvalue weighted by Crippen LogP contribution is -2.95. The van der Waals surface area contributed by atoms with E-state index in [2.05, 4.69) is 22.1 Å². The Balaban J connectivity index is 3.70. The molecule has 58 heavy (non-hydrogen) atoms. The van der Waals surface area contributed by atoms with Crippen molar-refractivity contribution in [2.45, 2.75) is 77.1 Å². The minimum Gasteiger partial charge on any atom is -0.390 e. The summed E-state index contributed by atoms with van der Waals surface area (Å²) in [6.45, 7) is 0. The van der Waals surface area contributed by atoms with Crippen molar-refractivity contribution in [2.75, 3.05) is 11.5 Å². The Morgan fingerprint density at radius 1 is 0.500 bits per heavy atom. The van der Waals surface area contributed by atoms with Gasteiger partial charge in [-0.2, -0.15) is 71.6 Å². The molecule has 0 aromatic carbocycles. The third-order valence-corrected chi connectivity index (χ3v) is 19.1. The van der Waals surface area contributed by atoms with Gasteiger partial charge in [-0.3, -0.25) is 31.9 Å². The number of rotatable bonds is 15. The van der Waals surface area contributed by atoms with Crippen LogP contribution in [0.25, 0.3) is 0 Å². The molecule has 2 saturated heterocycles. The van der Waals surface area contributed by atoms with E-state index >= 15 is 0 Å². The van der Waals surface area contributed by atoms with E-state index in [1.54, 1.807) is 0 Å². The maximum atomic E-state index is 13.2. The van der Waals surface area contributed by atoms with Crippen molar-refractivity contribution in [3.8, 4) is 0 Å². The third kappa shape index (κ3) is 7.40. The van der Waals surface area contributed by atoms with Gasteiger partial charge in [-0.25, -0.2) is 0 Å². The van der Waals surface area contributed by atoms with Gasteiger partial charge in [0.15, 0.2) is 17.1 Å². The molecule has 2 fully saturated rings. The van der Waals surface area contributed by atoms with E-state index < -0.39 is 171 Å². The molecule has 0 bridgehead atoms. The maximum absolute atomic E-state index is 13.2. The normalized spacial score (nSPS) is 39.7. The Morgan fingerprint density at radius 3 is 1.17 bits per heavy atom. The summed E-state index contributed by atoms with van der Waals surface area (Å²) in [5.74, 6) is -2.29. The lowest BCUT2D eigenvalue weighted by Gasteiger charge is -2.64. The van der Waals surface area contributed by atoms with Gasteiger partial charge in [0.05, 0.1) is 12.2 Å². The van der Waals surface area contributed by atoms with E-state index in [9.17, 15) is 142 Å². The van der Waals surface area contributed by atoms with E-state index in [1.807, 2.05) is 0 Å². The summed E-state index contributed by atoms with van der Waals surface area (Å²) < 4.78 is 255. The number of aliphatic hydroxyl groups is 10. The minimum absolute atomic E-state index is 0.759. The zero-order valence-electron chi connectivity index (χ0n) is 26.9. The summed E-state index contributed by atoms with van der Waals surface area (Å²) in [4.78, 5) is -32.9. The lowest BCUT2D eigenvalue weighted by atomic mass is 9.73. The molecular weight excluding hydrogens is 1010 g/mol. The van der Waals surface area contributed by atoms with Gasteiger partial charge in [-0.15, -0.1) is 11.8 Å². The molecule has 2 aliphatic rings. The summed E-state index contributed by atoms with van der Waals surface area (Å²) >= 11 is 2.69. The van der Waals surface area contributed by atoms with Crippen molar-refractivity contribution in [3.63, 3.8) is 0 Å². The van der Waals surface area contributed by atoms with Crippen LogP contribution in [0.15, 0.2) is 0 Å². The molecule has 2 rings (SSSR count). The van der Waals surface area contributed by atoms with Crippen LogP contribution in [0.4, 0.5) is 0 Å². The van der Waals surface area contributed by atoms with Crippen molar-refractivity contribution >= 4 is 95.2 Å². The minimum atomic E-state index is -8.12. The smallest absolute Gasteiger partial charge is 0.303 e. The molecule has 33 nitrogen and oxygen atoms in total. The van der Waals surface area contributed by atoms with Gasteiger partial charge in [0.2, 0.25) is 10.9 Å². The molecule has 0 saturated carbocycles. The van der Waals surface area contributed by atoms with Crippen molar-refractivity contribution in [2.24, 2.45) is 0 Å². The topological polar surface area (TPSA) is 601 Å². The number of aliphatic hydroxyl groups excluding tert-OH is 4. The Bertz CT molecular complexity index is 2420. The fraction of sp³-hybridized carbons (Fsp3) is 1.00. The van der Waals surface area contributed by atoms with Crippen LogP contribution in [0.2, 0.25) is 0 Å². The Hall–Kier alpha value is -0.410. The molecule has 0 amide bonds. The lowest BCUT2D eigenvalue weighted by molar-refractivity contribution is -0.375. The highest BCUT2D eigenvalue weighted by atomic mass is 32.3. The van der Waals surface area contributed by atoms with Crippen LogP contribution >= 0.6 is 24.4 Å². The molecule has 2 heterocycles. The first kappa shape index (κ1) is 53.7. The molecule has 2 aliphatic heterocycles. The van der Waals surface area contributed by atoms with Crippen LogP contribution in [0.1, 0.15) is 0 Å². The zero-order valence-corrected chi connectivity index (χ0v) is 34.3. The number of hydrogen-bond donors (Lipinski definition) is 18. The summed E-state index contributed by atoms with van der Waals surface area (Å²) in [5.41, 5.74) is -19.9. The fourth-order valence-corrected chi connectivity index (χ4v) is 15.9. The van der Waals surface area contributed by atoms with E-state index in [4.69, 9.17) is 0 Å². The summed E-state index contributed by atoms with van der Waals surface area (Å²) in [6.07, 6.45) is -20.0. The molecule has 0 aromatic heterocycles. The monoisotopic (exact) mass is 1040 g/mol. The first-order chi connectivity index (χ1) is 25.1. The van der Waals surface area contributed by atoms with Crippen molar-refractivity contribution < 1.29 is 151 Å². The SMILES string of the molecule is O=S(=O)(O)C(O)[C@H]1O[C@@H](SCC(O)C(O)CS)[C@@](O)(S(=O)(=O)O)[C@](O)(S(=O)(=O)O)[C@@]1(O)[C@@H]1O[C@H](C(O)S(=O)(=O)O)[C@](O)(S(=O)(=O)O)[C@@](O)(S(=O)(=O)O)[C@]1(O)S(=O)(=O)O. The van der Waals surface area contributed by atoms with Crippen LogP contribution in [0.3, 0.4) is 0 Å². The molecule has 0 radical (unpaired) electrons. The molecule has 0 aliphatic carbocycles. The predicted octanol–water partition coefficient (Wildman–Crippen LogP) is -11.1. The molecule has 346 valence electrons. The third-order valence-electron chi connectivity index (χ3n) is 8.55. The second kappa shape index (κ2) is 15.4. The largest absolute Gasteiger partial charge is 0.390 e. The quantitative estimate of drug-likeness (QED) is 0.0535. The molecule has 17 N–H and O–H groups in total. The highest BCUT2D eigenvalue weighted by Crippen LogP contribution is 2.62. The molecule has 0 aromatic rings. The van der Waals surface area contributed by atoms with Crippen molar-refractivity contribution in [3.05, 3.63) is 0 Å². The highest BCUT2D eigenvalue weighted by molar-refractivity contribution is 8.01. The summed E-state index contributed by atoms with van der Waals surface area (Å²) in [6, 6.07) is 0. The fourth-order valence-electron chi connectivity index (χ4n) is 5.77. The predicted molar refractivity (Wildman–Crippen MR) is 178 cm³/mol. The molecule has 14 atom stereocenters. The first-order valence-corrected chi connectivity index (χ1v) is 25.4. The Kier molecular flexibility index (Phi) is 14.3. The van der Waals surface area contributed by atoms with Crippen LogP contribution in [-0.2, 0) is 80.3 Å². The number of thiol groups is 1. The number of hydrogen-bond acceptors (Lipinski definition) is 28. The maximum Gasteiger partial charge on any atom is 0.303 e. The summed E-state index contributed by atoms with van der Waals surface area (Å²) in [5, 5.41) is 110. The van der Waals surface area contributed by atoms with Crippen molar-refractivity contribution in [1.82, 2.24) is 0 Å². The van der Waals surface area contributed by atoms with Gasteiger partial charge in [0.1, 0.15) is 12.2 Å². The second-order valence-corrected chi connectivity index (χ2v) is 24.2. The molecule has 4 unspecified atom stereocenters. The van der Waals surface area contributed by atoms with Gasteiger partial charge in [0, 0.05) is 11.5 Å². The van der Waals surface area contributed by atoms with E-state index in [0.29, 0.717) is 0 Å². The highest BCUT2D eigenvalue weighted by Gasteiger charge is 2.95. The Labute approximate surface area is 333 Å². The molecular formula is C16H30O33S9. The average Bonchev–Trinajstić information content (AvgIpc) is 3.00. The molecule has 42 heteroatoms. The standard InChI is InChI=1S/C16H30O33S9/c17-3(1-50)4(18)2-51-10-14(24,56(39,40)41)15(25,57(42,43)44)11(21,5(49-10)7(19)52(27,28)29)9-13(23,55(36,37)38)16(26,58(45,46)47)12(22,54(33,34)35)6(48-9)8(20)53(30,31)32/h3-10,17-26,50H,1-2H2,(H,27,28,29)(H,30,31,32)(H,33,34,35)(H,36,37,38)(H,39,40,41)(H,42,43,44)(H,45,46,47)/t3?,4?,5-,6-,7?,8?,9+,10+,11+,12+,13-,14-,15-,16-/m1/s1. The van der Waals surface area contributed by atoms with E-state index in [0.717, 1.165) is 0 Å². The summed E-state index contributed by atoms with van der Waals surface area (Å²) in [7, 11) is -53.2. The van der Waals surface area contributed by atoms with Crippen LogP contribution in [-0.4, -0.2) is 230 Å². The van der Waals surface area contributed by atoms with Crippen LogP contribution < -0.4 is 0 Å². The number of ether oxygens (including phenoxy) is 2. The van der Waals surface area contributed by atoms with Gasteiger partial charge in [0.25, 0.3) is 44.9 Å². The van der Waals surface area contributed by atoms with Crippen molar-refractivity contribution in [1.29, 1.82) is 0 Å². The second-order valence-electron chi connectivity index (χ2n) is 11.9.